The SMILES string of the molecule is C=C([C@H](C)NC(=O)OC(C)(C)C)[Si](C)(C)c1ccccc1. The molecule has 4 heteroatoms. The molecule has 0 aliphatic carbocycles. The summed E-state index contributed by atoms with van der Waals surface area (Å²) >= 11 is 0. The van der Waals surface area contributed by atoms with Crippen molar-refractivity contribution in [3.63, 3.8) is 0 Å². The molecule has 1 aromatic rings. The summed E-state index contributed by atoms with van der Waals surface area (Å²) in [7, 11) is -1.84. The van der Waals surface area contributed by atoms with Crippen LogP contribution in [0.3, 0.4) is 0 Å². The lowest BCUT2D eigenvalue weighted by atomic mass is 10.2. The van der Waals surface area contributed by atoms with Gasteiger partial charge in [-0.1, -0.05) is 53.8 Å². The topological polar surface area (TPSA) is 38.3 Å². The molecular weight excluding hydrogens is 278 g/mol. The van der Waals surface area contributed by atoms with Crippen molar-refractivity contribution in [3.05, 3.63) is 42.1 Å². The molecule has 1 aromatic carbocycles. The number of rotatable bonds is 4. The van der Waals surface area contributed by atoms with E-state index in [1.165, 1.54) is 5.19 Å². The van der Waals surface area contributed by atoms with Gasteiger partial charge in [-0.15, -0.1) is 6.58 Å². The van der Waals surface area contributed by atoms with Crippen molar-refractivity contribution >= 4 is 19.4 Å². The summed E-state index contributed by atoms with van der Waals surface area (Å²) in [4.78, 5) is 11.9. The van der Waals surface area contributed by atoms with Crippen LogP contribution in [0.5, 0.6) is 0 Å². The van der Waals surface area contributed by atoms with Crippen LogP contribution in [0.4, 0.5) is 4.79 Å². The van der Waals surface area contributed by atoms with E-state index in [4.69, 9.17) is 4.74 Å². The molecule has 0 fully saturated rings. The van der Waals surface area contributed by atoms with Gasteiger partial charge in [0.05, 0.1) is 0 Å². The third kappa shape index (κ3) is 5.05. The van der Waals surface area contributed by atoms with E-state index >= 15 is 0 Å². The molecule has 0 aromatic heterocycles. The van der Waals surface area contributed by atoms with E-state index in [9.17, 15) is 4.79 Å². The van der Waals surface area contributed by atoms with Crippen LogP contribution in [0, 0.1) is 0 Å². The van der Waals surface area contributed by atoms with E-state index < -0.39 is 19.8 Å². The molecule has 116 valence electrons. The van der Waals surface area contributed by atoms with Gasteiger partial charge in [0.1, 0.15) is 13.7 Å². The van der Waals surface area contributed by atoms with E-state index in [1.807, 2.05) is 45.9 Å². The zero-order valence-corrected chi connectivity index (χ0v) is 15.0. The third-order valence-electron chi connectivity index (χ3n) is 3.55. The molecule has 0 aliphatic rings. The Morgan fingerprint density at radius 3 is 2.24 bits per heavy atom. The lowest BCUT2D eigenvalue weighted by Crippen LogP contribution is -2.50. The highest BCUT2D eigenvalue weighted by Crippen LogP contribution is 2.17. The van der Waals surface area contributed by atoms with Crippen molar-refractivity contribution < 1.29 is 9.53 Å². The molecule has 21 heavy (non-hydrogen) atoms. The third-order valence-corrected chi connectivity index (χ3v) is 7.37. The minimum absolute atomic E-state index is 0.110. The number of amides is 1. The molecule has 0 aliphatic heterocycles. The van der Waals surface area contributed by atoms with Crippen molar-refractivity contribution in [2.75, 3.05) is 0 Å². The normalized spacial score (nSPS) is 13.4. The molecule has 0 saturated carbocycles. The first-order chi connectivity index (χ1) is 9.54. The second kappa shape index (κ2) is 6.48. The van der Waals surface area contributed by atoms with Crippen molar-refractivity contribution in [1.82, 2.24) is 5.32 Å². The molecule has 0 saturated heterocycles. The Bertz CT molecular complexity index is 503. The molecule has 3 nitrogen and oxygen atoms in total. The number of carbonyl (C=O) groups excluding carboxylic acids is 1. The van der Waals surface area contributed by atoms with Crippen molar-refractivity contribution in [1.29, 1.82) is 0 Å². The van der Waals surface area contributed by atoms with Crippen LogP contribution in [0.15, 0.2) is 42.1 Å². The Labute approximate surface area is 129 Å². The Morgan fingerprint density at radius 2 is 1.76 bits per heavy atom. The van der Waals surface area contributed by atoms with Crippen LogP contribution in [-0.4, -0.2) is 25.8 Å². The summed E-state index contributed by atoms with van der Waals surface area (Å²) in [6.07, 6.45) is -0.394. The first kappa shape index (κ1) is 17.5. The highest BCUT2D eigenvalue weighted by Gasteiger charge is 2.31. The smallest absolute Gasteiger partial charge is 0.408 e. The first-order valence-electron chi connectivity index (χ1n) is 7.28. The second-order valence-corrected chi connectivity index (χ2v) is 11.4. The van der Waals surface area contributed by atoms with Crippen LogP contribution in [0.1, 0.15) is 27.7 Å². The molecule has 1 rings (SSSR count). The van der Waals surface area contributed by atoms with E-state index in [0.717, 1.165) is 5.20 Å². The summed E-state index contributed by atoms with van der Waals surface area (Å²) in [6, 6.07) is 10.3. The maximum atomic E-state index is 11.9. The van der Waals surface area contributed by atoms with Gasteiger partial charge in [0.25, 0.3) is 0 Å². The summed E-state index contributed by atoms with van der Waals surface area (Å²) < 4.78 is 5.30. The predicted octanol–water partition coefficient (Wildman–Crippen LogP) is 3.61. The lowest BCUT2D eigenvalue weighted by Gasteiger charge is -2.31. The maximum Gasteiger partial charge on any atom is 0.408 e. The van der Waals surface area contributed by atoms with Crippen LogP contribution in [-0.2, 0) is 4.74 Å². The fourth-order valence-electron chi connectivity index (χ4n) is 2.15. The Morgan fingerprint density at radius 1 is 1.24 bits per heavy atom. The molecule has 0 radical (unpaired) electrons. The summed E-state index contributed by atoms with van der Waals surface area (Å²) in [6.45, 7) is 16.3. The quantitative estimate of drug-likeness (QED) is 0.863. The largest absolute Gasteiger partial charge is 0.444 e. The molecule has 0 unspecified atom stereocenters. The van der Waals surface area contributed by atoms with Gasteiger partial charge < -0.3 is 10.1 Å². The van der Waals surface area contributed by atoms with Gasteiger partial charge in [-0.25, -0.2) is 4.79 Å². The minimum atomic E-state index is -1.84. The van der Waals surface area contributed by atoms with Crippen LogP contribution in [0.2, 0.25) is 13.1 Å². The molecule has 1 N–H and O–H groups in total. The molecule has 0 heterocycles. The van der Waals surface area contributed by atoms with E-state index in [-0.39, 0.29) is 6.04 Å². The van der Waals surface area contributed by atoms with E-state index in [2.05, 4.69) is 37.1 Å². The highest BCUT2D eigenvalue weighted by atomic mass is 28.3. The zero-order chi connectivity index (χ0) is 16.3. The van der Waals surface area contributed by atoms with Gasteiger partial charge in [-0.05, 0) is 27.7 Å². The van der Waals surface area contributed by atoms with Crippen LogP contribution in [0.25, 0.3) is 0 Å². The maximum absolute atomic E-state index is 11.9. The minimum Gasteiger partial charge on any atom is -0.444 e. The van der Waals surface area contributed by atoms with Crippen molar-refractivity contribution in [2.24, 2.45) is 0 Å². The average Bonchev–Trinajstić information content (AvgIpc) is 2.36. The van der Waals surface area contributed by atoms with Crippen LogP contribution >= 0.6 is 0 Å². The molecule has 1 amide bonds. The highest BCUT2D eigenvalue weighted by molar-refractivity contribution is 6.95. The zero-order valence-electron chi connectivity index (χ0n) is 14.0. The molecule has 1 atom stereocenters. The Hall–Kier alpha value is -1.55. The second-order valence-electron chi connectivity index (χ2n) is 6.88. The summed E-state index contributed by atoms with van der Waals surface area (Å²) in [5.41, 5.74) is -0.489. The van der Waals surface area contributed by atoms with Gasteiger partial charge in [0, 0.05) is 6.04 Å². The first-order valence-corrected chi connectivity index (χ1v) is 10.3. The fourth-order valence-corrected chi connectivity index (χ4v) is 4.70. The lowest BCUT2D eigenvalue weighted by molar-refractivity contribution is 0.0517. The van der Waals surface area contributed by atoms with E-state index in [0.29, 0.717) is 0 Å². The number of hydrogen-bond acceptors (Lipinski definition) is 2. The number of benzene rings is 1. The number of alkyl carbamates (subject to hydrolysis) is 1. The fraction of sp³-hybridized carbons (Fsp3) is 0.471. The molecule has 0 bridgehead atoms. The molecule has 0 spiro atoms. The van der Waals surface area contributed by atoms with Gasteiger partial charge >= 0.3 is 6.09 Å². The monoisotopic (exact) mass is 305 g/mol. The number of nitrogens with one attached hydrogen (secondary N) is 1. The van der Waals surface area contributed by atoms with Crippen molar-refractivity contribution in [3.8, 4) is 0 Å². The number of ether oxygens (including phenoxy) is 1. The summed E-state index contributed by atoms with van der Waals surface area (Å²) in [5, 5.41) is 5.28. The summed E-state index contributed by atoms with van der Waals surface area (Å²) in [5.74, 6) is 0. The average molecular weight is 305 g/mol. The van der Waals surface area contributed by atoms with Gasteiger partial charge in [0.2, 0.25) is 0 Å². The number of carbonyl (C=O) groups is 1. The van der Waals surface area contributed by atoms with Gasteiger partial charge in [-0.3, -0.25) is 0 Å². The van der Waals surface area contributed by atoms with Gasteiger partial charge in [-0.2, -0.15) is 0 Å². The van der Waals surface area contributed by atoms with E-state index in [1.54, 1.807) is 0 Å². The van der Waals surface area contributed by atoms with Crippen LogP contribution < -0.4 is 10.5 Å². The standard InChI is InChI=1S/C17H27NO2Si/c1-13(18-16(19)20-17(3,4)5)14(2)21(6,7)15-11-9-8-10-12-15/h8-13H,2H2,1,3-7H3,(H,18,19)/t13-/m0/s1. The molecular formula is C17H27NO2Si. The number of hydrogen-bond donors (Lipinski definition) is 1. The van der Waals surface area contributed by atoms with Crippen molar-refractivity contribution in [2.45, 2.75) is 52.4 Å². The Kier molecular flexibility index (Phi) is 5.40. The predicted molar refractivity (Wildman–Crippen MR) is 91.5 cm³/mol. The van der Waals surface area contributed by atoms with Gasteiger partial charge in [0.15, 0.2) is 0 Å². The Balaban J connectivity index is 2.76.